The number of hydrogen-bond donors (Lipinski definition) is 1. The zero-order valence-corrected chi connectivity index (χ0v) is 15.6. The summed E-state index contributed by atoms with van der Waals surface area (Å²) in [5, 5.41) is 7.50. The monoisotopic (exact) mass is 419 g/mol. The molecule has 8 nitrogen and oxygen atoms in total. The Hall–Kier alpha value is -3.76. The van der Waals surface area contributed by atoms with E-state index in [0.717, 1.165) is 45.2 Å². The van der Waals surface area contributed by atoms with Crippen molar-refractivity contribution in [3.63, 3.8) is 0 Å². The molecule has 1 aliphatic heterocycles. The summed E-state index contributed by atoms with van der Waals surface area (Å²) < 4.78 is 53.7. The van der Waals surface area contributed by atoms with Gasteiger partial charge in [-0.25, -0.2) is 9.18 Å². The lowest BCUT2D eigenvalue weighted by molar-refractivity contribution is -0.0140. The third kappa shape index (κ3) is 3.49. The Kier molecular flexibility index (Phi) is 4.72. The largest absolute Gasteiger partial charge is 0.463 e. The Morgan fingerprint density at radius 3 is 2.83 bits per heavy atom. The molecule has 0 fully saturated rings. The second-order valence-electron chi connectivity index (χ2n) is 6.72. The number of nitrogens with zero attached hydrogens (tertiary/aromatic N) is 4. The second-order valence-corrected chi connectivity index (χ2v) is 6.72. The predicted molar refractivity (Wildman–Crippen MR) is 101 cm³/mol. The first kappa shape index (κ1) is 19.6. The number of anilines is 1. The van der Waals surface area contributed by atoms with Gasteiger partial charge in [0.25, 0.3) is 5.88 Å². The van der Waals surface area contributed by atoms with E-state index in [2.05, 4.69) is 10.4 Å². The number of nitrogen functional groups attached to an aromatic ring is 1. The number of tetrazole rings is 1. The molecule has 2 aliphatic rings. The van der Waals surface area contributed by atoms with Gasteiger partial charge in [0.15, 0.2) is 18.2 Å². The molecule has 1 aromatic heterocycles. The van der Waals surface area contributed by atoms with Crippen LogP contribution in [0.15, 0.2) is 65.1 Å². The van der Waals surface area contributed by atoms with Crippen molar-refractivity contribution >= 4 is 11.6 Å². The maximum atomic E-state index is 14.2. The van der Waals surface area contributed by atoms with Gasteiger partial charge in [-0.05, 0) is 40.6 Å². The van der Waals surface area contributed by atoms with Crippen molar-refractivity contribution in [2.24, 2.45) is 0 Å². The van der Waals surface area contributed by atoms with Gasteiger partial charge >= 0.3 is 11.6 Å². The summed E-state index contributed by atoms with van der Waals surface area (Å²) in [7, 11) is 0. The van der Waals surface area contributed by atoms with Crippen LogP contribution in [0.5, 0.6) is 0 Å². The lowest BCUT2D eigenvalue weighted by Gasteiger charge is -2.25. The third-order valence-electron chi connectivity index (χ3n) is 4.56. The van der Waals surface area contributed by atoms with Gasteiger partial charge < -0.3 is 15.2 Å². The second kappa shape index (κ2) is 7.25. The normalized spacial score (nSPS) is 20.0. The van der Waals surface area contributed by atoms with Gasteiger partial charge in [0.05, 0.1) is 6.54 Å². The topological polar surface area (TPSA) is 97.2 Å². The minimum absolute atomic E-state index is 0.117. The molecule has 0 saturated heterocycles. The van der Waals surface area contributed by atoms with E-state index < -0.39 is 23.4 Å². The summed E-state index contributed by atoms with van der Waals surface area (Å²) in [6.07, 6.45) is 1.98. The lowest BCUT2D eigenvalue weighted by atomic mass is 9.98. The highest BCUT2D eigenvalue weighted by Gasteiger charge is 2.43. The van der Waals surface area contributed by atoms with Crippen LogP contribution in [0.2, 0.25) is 0 Å². The number of ether oxygens (including phenoxy) is 2. The molecule has 2 heterocycles. The van der Waals surface area contributed by atoms with Crippen molar-refractivity contribution in [3.8, 4) is 0 Å². The molecular formula is C19H16F3N5O3. The first-order valence-corrected chi connectivity index (χ1v) is 8.80. The van der Waals surface area contributed by atoms with E-state index in [0.29, 0.717) is 11.8 Å². The highest BCUT2D eigenvalue weighted by atomic mass is 19.3. The molecule has 2 N–H and O–H groups in total. The SMILES string of the molecule is Cc1cc(Cn2nnn(C3=COC=C(C4=CC=CC(F)(F)C4F)O3)c2=O)ccc1N. The molecular weight excluding hydrogens is 403 g/mol. The van der Waals surface area contributed by atoms with Crippen molar-refractivity contribution in [1.82, 2.24) is 19.8 Å². The third-order valence-corrected chi connectivity index (χ3v) is 4.56. The molecule has 0 saturated carbocycles. The van der Waals surface area contributed by atoms with E-state index >= 15 is 0 Å². The molecule has 1 atom stereocenters. The number of allylic oxidation sites excluding steroid dienone is 4. The van der Waals surface area contributed by atoms with Crippen LogP contribution in [-0.4, -0.2) is 31.9 Å². The van der Waals surface area contributed by atoms with Crippen molar-refractivity contribution in [2.75, 3.05) is 5.73 Å². The maximum absolute atomic E-state index is 14.2. The fourth-order valence-electron chi connectivity index (χ4n) is 2.92. The van der Waals surface area contributed by atoms with E-state index in [9.17, 15) is 18.0 Å². The maximum Gasteiger partial charge on any atom is 0.371 e. The Bertz CT molecular complexity index is 1180. The van der Waals surface area contributed by atoms with Gasteiger partial charge in [0, 0.05) is 11.3 Å². The van der Waals surface area contributed by atoms with Gasteiger partial charge in [0.2, 0.25) is 0 Å². The first-order valence-electron chi connectivity index (χ1n) is 8.80. The van der Waals surface area contributed by atoms with Crippen LogP contribution in [0.3, 0.4) is 0 Å². The number of aryl methyl sites for hydroxylation is 1. The molecule has 4 rings (SSSR count). The highest BCUT2D eigenvalue weighted by Crippen LogP contribution is 2.37. The van der Waals surface area contributed by atoms with Crippen molar-refractivity contribution in [2.45, 2.75) is 25.6 Å². The summed E-state index contributed by atoms with van der Waals surface area (Å²) in [6.45, 7) is 1.95. The van der Waals surface area contributed by atoms with Crippen LogP contribution in [0.25, 0.3) is 5.88 Å². The van der Waals surface area contributed by atoms with Crippen LogP contribution in [0.1, 0.15) is 11.1 Å². The summed E-state index contributed by atoms with van der Waals surface area (Å²) in [4.78, 5) is 12.6. The van der Waals surface area contributed by atoms with E-state index in [1.54, 1.807) is 12.1 Å². The standard InChI is InChI=1S/C19H16F3N5O3/c1-11-7-12(4-5-14(11)23)8-26-18(28)27(25-24-26)16-10-29-9-15(30-16)13-3-2-6-19(21,22)17(13)20/h2-7,9-10,17H,8,23H2,1H3. The Labute approximate surface area is 168 Å². The molecule has 2 aromatic rings. The minimum Gasteiger partial charge on any atom is -0.463 e. The molecule has 0 spiro atoms. The van der Waals surface area contributed by atoms with Crippen LogP contribution >= 0.6 is 0 Å². The van der Waals surface area contributed by atoms with Crippen molar-refractivity contribution < 1.29 is 22.6 Å². The Morgan fingerprint density at radius 2 is 2.07 bits per heavy atom. The fraction of sp³-hybridized carbons (Fsp3) is 0.211. The van der Waals surface area contributed by atoms with Gasteiger partial charge in [-0.3, -0.25) is 0 Å². The van der Waals surface area contributed by atoms with Gasteiger partial charge in [-0.15, -0.1) is 4.68 Å². The van der Waals surface area contributed by atoms with Crippen LogP contribution in [0.4, 0.5) is 18.9 Å². The Balaban J connectivity index is 1.55. The summed E-state index contributed by atoms with van der Waals surface area (Å²) >= 11 is 0. The number of nitrogens with two attached hydrogens (primary N) is 1. The van der Waals surface area contributed by atoms with E-state index in [-0.39, 0.29) is 18.2 Å². The van der Waals surface area contributed by atoms with Crippen LogP contribution < -0.4 is 11.4 Å². The molecule has 1 unspecified atom stereocenters. The summed E-state index contributed by atoms with van der Waals surface area (Å²) in [6, 6.07) is 5.28. The smallest absolute Gasteiger partial charge is 0.371 e. The molecule has 156 valence electrons. The average molecular weight is 419 g/mol. The van der Waals surface area contributed by atoms with Gasteiger partial charge in [-0.1, -0.05) is 24.3 Å². The molecule has 1 aromatic carbocycles. The van der Waals surface area contributed by atoms with Gasteiger partial charge in [-0.2, -0.15) is 13.5 Å². The van der Waals surface area contributed by atoms with E-state index in [1.807, 2.05) is 13.0 Å². The summed E-state index contributed by atoms with van der Waals surface area (Å²) in [5.74, 6) is -4.24. The lowest BCUT2D eigenvalue weighted by Crippen LogP contribution is -2.33. The van der Waals surface area contributed by atoms with Crippen molar-refractivity contribution in [3.05, 3.63) is 81.9 Å². The molecule has 0 amide bonds. The minimum atomic E-state index is -3.69. The zero-order chi connectivity index (χ0) is 21.5. The Morgan fingerprint density at radius 1 is 1.27 bits per heavy atom. The number of rotatable bonds is 4. The fourth-order valence-corrected chi connectivity index (χ4v) is 2.92. The molecule has 0 bridgehead atoms. The molecule has 11 heteroatoms. The predicted octanol–water partition coefficient (Wildman–Crippen LogP) is 2.49. The number of hydrogen-bond acceptors (Lipinski definition) is 6. The number of benzene rings is 1. The van der Waals surface area contributed by atoms with Crippen molar-refractivity contribution in [1.29, 1.82) is 0 Å². The highest BCUT2D eigenvalue weighted by molar-refractivity contribution is 5.48. The van der Waals surface area contributed by atoms with E-state index in [4.69, 9.17) is 15.2 Å². The molecule has 30 heavy (non-hydrogen) atoms. The number of alkyl halides is 3. The van der Waals surface area contributed by atoms with Crippen LogP contribution in [0, 0.1) is 6.92 Å². The zero-order valence-electron chi connectivity index (χ0n) is 15.6. The van der Waals surface area contributed by atoms with Crippen LogP contribution in [-0.2, 0) is 16.0 Å². The van der Waals surface area contributed by atoms with Gasteiger partial charge in [0.1, 0.15) is 6.26 Å². The summed E-state index contributed by atoms with van der Waals surface area (Å²) in [5.41, 5.74) is 6.94. The average Bonchev–Trinajstić information content (AvgIpc) is 3.07. The quantitative estimate of drug-likeness (QED) is 0.765. The number of halogens is 3. The number of aromatic nitrogens is 4. The molecule has 0 radical (unpaired) electrons. The molecule has 1 aliphatic carbocycles. The first-order chi connectivity index (χ1) is 14.3. The van der Waals surface area contributed by atoms with E-state index in [1.165, 1.54) is 0 Å².